The molecule has 2 rings (SSSR count). The molecule has 2 aromatic rings. The van der Waals surface area contributed by atoms with Crippen molar-refractivity contribution in [3.05, 3.63) is 59.2 Å². The maximum atomic E-state index is 12.2. The minimum absolute atomic E-state index is 0.00440. The second kappa shape index (κ2) is 7.27. The molecule has 0 aromatic heterocycles. The minimum atomic E-state index is -0.648. The lowest BCUT2D eigenvalue weighted by molar-refractivity contribution is 0.0729. The van der Waals surface area contributed by atoms with Crippen molar-refractivity contribution < 1.29 is 19.4 Å². The Morgan fingerprint density at radius 1 is 1.04 bits per heavy atom. The first-order valence-electron chi connectivity index (χ1n) is 7.71. The van der Waals surface area contributed by atoms with E-state index in [1.807, 2.05) is 20.8 Å². The van der Waals surface area contributed by atoms with Crippen LogP contribution in [0, 0.1) is 12.8 Å². The summed E-state index contributed by atoms with van der Waals surface area (Å²) in [6.45, 7) is 5.61. The molecule has 5 nitrogen and oxygen atoms in total. The van der Waals surface area contributed by atoms with E-state index in [2.05, 4.69) is 0 Å². The van der Waals surface area contributed by atoms with Gasteiger partial charge in [-0.05, 0) is 43.2 Å². The number of phenolic OH excluding ortho intramolecular Hbond substituents is 1. The summed E-state index contributed by atoms with van der Waals surface area (Å²) in [5.74, 6) is -1.15. The lowest BCUT2D eigenvalue weighted by Gasteiger charge is -2.15. The van der Waals surface area contributed by atoms with E-state index in [0.717, 1.165) is 5.56 Å². The Morgan fingerprint density at radius 3 is 2.17 bits per heavy atom. The summed E-state index contributed by atoms with van der Waals surface area (Å²) < 4.78 is 5.18. The Kier molecular flexibility index (Phi) is 5.36. The van der Waals surface area contributed by atoms with Crippen LogP contribution in [0.1, 0.15) is 40.1 Å². The highest BCUT2D eigenvalue weighted by Crippen LogP contribution is 2.28. The summed E-state index contributed by atoms with van der Waals surface area (Å²) in [7, 11) is 0. The van der Waals surface area contributed by atoms with Gasteiger partial charge in [-0.2, -0.15) is 0 Å². The number of nitrogens with two attached hydrogens (primary N) is 1. The predicted molar refractivity (Wildman–Crippen MR) is 91.4 cm³/mol. The van der Waals surface area contributed by atoms with Crippen molar-refractivity contribution in [2.45, 2.75) is 26.8 Å². The average Bonchev–Trinajstić information content (AvgIpc) is 2.55. The van der Waals surface area contributed by atoms with Crippen molar-refractivity contribution in [1.29, 1.82) is 0 Å². The van der Waals surface area contributed by atoms with Gasteiger partial charge in [0, 0.05) is 5.56 Å². The SMILES string of the molecule is Cc1ccc(C(=O)Oc2ccc(C(=O)C(N)C(C)C)cc2O)cc1. The minimum Gasteiger partial charge on any atom is -0.504 e. The molecule has 0 aliphatic heterocycles. The van der Waals surface area contributed by atoms with Gasteiger partial charge in [0.1, 0.15) is 0 Å². The molecule has 0 saturated carbocycles. The second-order valence-corrected chi connectivity index (χ2v) is 6.07. The fraction of sp³-hybridized carbons (Fsp3) is 0.263. The van der Waals surface area contributed by atoms with Crippen LogP contribution in [-0.2, 0) is 0 Å². The Morgan fingerprint density at radius 2 is 1.62 bits per heavy atom. The summed E-state index contributed by atoms with van der Waals surface area (Å²) in [5.41, 5.74) is 7.52. The van der Waals surface area contributed by atoms with Gasteiger partial charge >= 0.3 is 5.97 Å². The van der Waals surface area contributed by atoms with Crippen LogP contribution in [0.25, 0.3) is 0 Å². The van der Waals surface area contributed by atoms with E-state index in [1.165, 1.54) is 18.2 Å². The molecule has 0 heterocycles. The molecule has 24 heavy (non-hydrogen) atoms. The van der Waals surface area contributed by atoms with Gasteiger partial charge in [-0.3, -0.25) is 4.79 Å². The zero-order valence-corrected chi connectivity index (χ0v) is 13.9. The fourth-order valence-corrected chi connectivity index (χ4v) is 2.10. The van der Waals surface area contributed by atoms with Crippen LogP contribution in [0.5, 0.6) is 11.5 Å². The van der Waals surface area contributed by atoms with Crippen LogP contribution in [0.2, 0.25) is 0 Å². The smallest absolute Gasteiger partial charge is 0.343 e. The lowest BCUT2D eigenvalue weighted by atomic mass is 9.96. The molecule has 0 aliphatic rings. The number of benzene rings is 2. The normalized spacial score (nSPS) is 12.0. The van der Waals surface area contributed by atoms with E-state index in [0.29, 0.717) is 5.56 Å². The van der Waals surface area contributed by atoms with Gasteiger partial charge in [0.15, 0.2) is 17.3 Å². The molecule has 126 valence electrons. The number of aryl methyl sites for hydroxylation is 1. The van der Waals surface area contributed by atoms with E-state index in [4.69, 9.17) is 10.5 Å². The molecule has 0 radical (unpaired) electrons. The molecule has 0 saturated heterocycles. The van der Waals surface area contributed by atoms with Crippen LogP contribution in [-0.4, -0.2) is 22.9 Å². The number of esters is 1. The standard InChI is InChI=1S/C19H21NO4/c1-11(2)17(20)18(22)14-8-9-16(15(21)10-14)24-19(23)13-6-4-12(3)5-7-13/h4-11,17,21H,20H2,1-3H3. The monoisotopic (exact) mass is 327 g/mol. The lowest BCUT2D eigenvalue weighted by Crippen LogP contribution is -2.35. The predicted octanol–water partition coefficient (Wildman–Crippen LogP) is 3.09. The largest absolute Gasteiger partial charge is 0.504 e. The van der Waals surface area contributed by atoms with Gasteiger partial charge in [0.25, 0.3) is 0 Å². The Hall–Kier alpha value is -2.66. The van der Waals surface area contributed by atoms with E-state index in [9.17, 15) is 14.7 Å². The second-order valence-electron chi connectivity index (χ2n) is 6.07. The number of phenols is 1. The van der Waals surface area contributed by atoms with Gasteiger partial charge in [-0.15, -0.1) is 0 Å². The summed E-state index contributed by atoms with van der Waals surface area (Å²) in [6, 6.07) is 10.4. The van der Waals surface area contributed by atoms with Crippen LogP contribution >= 0.6 is 0 Å². The van der Waals surface area contributed by atoms with Crippen molar-refractivity contribution in [2.24, 2.45) is 11.7 Å². The molecule has 3 N–H and O–H groups in total. The number of hydrogen-bond acceptors (Lipinski definition) is 5. The molecule has 5 heteroatoms. The fourth-order valence-electron chi connectivity index (χ4n) is 2.10. The van der Waals surface area contributed by atoms with Crippen LogP contribution in [0.15, 0.2) is 42.5 Å². The van der Waals surface area contributed by atoms with Crippen LogP contribution < -0.4 is 10.5 Å². The molecule has 0 bridgehead atoms. The van der Waals surface area contributed by atoms with Crippen molar-refractivity contribution in [3.8, 4) is 11.5 Å². The Balaban J connectivity index is 2.16. The molecule has 0 fully saturated rings. The quantitative estimate of drug-likeness (QED) is 0.500. The third-order valence-corrected chi connectivity index (χ3v) is 3.75. The van der Waals surface area contributed by atoms with E-state index < -0.39 is 12.0 Å². The molecular weight excluding hydrogens is 306 g/mol. The van der Waals surface area contributed by atoms with E-state index >= 15 is 0 Å². The molecule has 0 amide bonds. The highest BCUT2D eigenvalue weighted by Gasteiger charge is 2.21. The highest BCUT2D eigenvalue weighted by molar-refractivity contribution is 6.00. The van der Waals surface area contributed by atoms with Gasteiger partial charge < -0.3 is 15.6 Å². The molecule has 0 spiro atoms. The van der Waals surface area contributed by atoms with E-state index in [1.54, 1.807) is 24.3 Å². The molecule has 2 aromatic carbocycles. The molecule has 1 atom stereocenters. The van der Waals surface area contributed by atoms with Crippen LogP contribution in [0.4, 0.5) is 0 Å². The zero-order valence-electron chi connectivity index (χ0n) is 13.9. The maximum Gasteiger partial charge on any atom is 0.343 e. The summed E-state index contributed by atoms with van der Waals surface area (Å²) in [6.07, 6.45) is 0. The van der Waals surface area contributed by atoms with Gasteiger partial charge in [-0.25, -0.2) is 4.79 Å². The summed E-state index contributed by atoms with van der Waals surface area (Å²) >= 11 is 0. The number of carbonyl (C=O) groups is 2. The Bertz CT molecular complexity index is 750. The van der Waals surface area contributed by atoms with E-state index in [-0.39, 0.29) is 28.8 Å². The van der Waals surface area contributed by atoms with Crippen molar-refractivity contribution in [3.63, 3.8) is 0 Å². The van der Waals surface area contributed by atoms with Crippen molar-refractivity contribution in [2.75, 3.05) is 0 Å². The molecular formula is C19H21NO4. The van der Waals surface area contributed by atoms with Crippen molar-refractivity contribution in [1.82, 2.24) is 0 Å². The molecule has 0 aliphatic carbocycles. The number of carbonyl (C=O) groups excluding carboxylic acids is 2. The maximum absolute atomic E-state index is 12.2. The van der Waals surface area contributed by atoms with Gasteiger partial charge in [0.2, 0.25) is 0 Å². The zero-order chi connectivity index (χ0) is 17.9. The van der Waals surface area contributed by atoms with Crippen LogP contribution in [0.3, 0.4) is 0 Å². The third kappa shape index (κ3) is 4.00. The number of Topliss-reactive ketones (excluding diaryl/α,β-unsaturated/α-hetero) is 1. The first kappa shape index (κ1) is 17.7. The van der Waals surface area contributed by atoms with Gasteiger partial charge in [-0.1, -0.05) is 31.5 Å². The Labute approximate surface area is 141 Å². The van der Waals surface area contributed by atoms with Crippen molar-refractivity contribution >= 4 is 11.8 Å². The number of hydrogen-bond donors (Lipinski definition) is 2. The number of ether oxygens (including phenoxy) is 1. The third-order valence-electron chi connectivity index (χ3n) is 3.75. The number of rotatable bonds is 5. The summed E-state index contributed by atoms with van der Waals surface area (Å²) in [4.78, 5) is 24.3. The molecule has 1 unspecified atom stereocenters. The topological polar surface area (TPSA) is 89.6 Å². The summed E-state index contributed by atoms with van der Waals surface area (Å²) in [5, 5.41) is 10.0. The van der Waals surface area contributed by atoms with Gasteiger partial charge in [0.05, 0.1) is 11.6 Å². The highest BCUT2D eigenvalue weighted by atomic mass is 16.5. The first-order valence-corrected chi connectivity index (χ1v) is 7.71. The number of aromatic hydroxyl groups is 1. The number of ketones is 1. The average molecular weight is 327 g/mol. The first-order chi connectivity index (χ1) is 11.3.